The Labute approximate surface area is 99.3 Å². The van der Waals surface area contributed by atoms with Crippen molar-refractivity contribution in [2.75, 3.05) is 26.7 Å². The van der Waals surface area contributed by atoms with Gasteiger partial charge in [-0.05, 0) is 51.6 Å². The van der Waals surface area contributed by atoms with E-state index >= 15 is 0 Å². The molecule has 16 heavy (non-hydrogen) atoms. The van der Waals surface area contributed by atoms with Gasteiger partial charge in [0.1, 0.15) is 0 Å². The highest BCUT2D eigenvalue weighted by molar-refractivity contribution is 4.81. The molecule has 0 aromatic rings. The molecule has 3 unspecified atom stereocenters. The molecule has 3 atom stereocenters. The number of hydrogen-bond acceptors (Lipinski definition) is 3. The Morgan fingerprint density at radius 2 is 2.12 bits per heavy atom. The third kappa shape index (κ3) is 3.44. The van der Waals surface area contributed by atoms with Crippen LogP contribution in [0.1, 0.15) is 38.5 Å². The largest absolute Gasteiger partial charge is 0.377 e. The van der Waals surface area contributed by atoms with Crippen LogP contribution in [0.4, 0.5) is 0 Å². The van der Waals surface area contributed by atoms with E-state index < -0.39 is 0 Å². The summed E-state index contributed by atoms with van der Waals surface area (Å²) < 4.78 is 5.65. The van der Waals surface area contributed by atoms with Crippen LogP contribution in [0.2, 0.25) is 0 Å². The van der Waals surface area contributed by atoms with Crippen LogP contribution >= 0.6 is 0 Å². The number of rotatable bonds is 5. The van der Waals surface area contributed by atoms with Gasteiger partial charge in [0, 0.05) is 19.2 Å². The molecule has 3 nitrogen and oxygen atoms in total. The topological polar surface area (TPSA) is 38.5 Å². The SMILES string of the molecule is CN(CCC1CCCC1N)CC1CCCO1. The average molecular weight is 226 g/mol. The molecular formula is C13H26N2O. The Bertz CT molecular complexity index is 204. The zero-order valence-electron chi connectivity index (χ0n) is 10.5. The standard InChI is InChI=1S/C13H26N2O/c1-15(10-12-5-3-9-16-12)8-7-11-4-2-6-13(11)14/h11-13H,2-10,14H2,1H3. The first-order valence-electron chi connectivity index (χ1n) is 6.81. The van der Waals surface area contributed by atoms with Crippen molar-refractivity contribution in [3.05, 3.63) is 0 Å². The van der Waals surface area contributed by atoms with Gasteiger partial charge in [-0.3, -0.25) is 0 Å². The maximum absolute atomic E-state index is 6.09. The van der Waals surface area contributed by atoms with Crippen molar-refractivity contribution in [3.63, 3.8) is 0 Å². The van der Waals surface area contributed by atoms with Gasteiger partial charge in [-0.15, -0.1) is 0 Å². The monoisotopic (exact) mass is 226 g/mol. The van der Waals surface area contributed by atoms with E-state index in [0.29, 0.717) is 12.1 Å². The fourth-order valence-electron chi connectivity index (χ4n) is 3.04. The molecule has 1 saturated carbocycles. The molecule has 1 aliphatic heterocycles. The second-order valence-electron chi connectivity index (χ2n) is 5.54. The maximum Gasteiger partial charge on any atom is 0.0702 e. The van der Waals surface area contributed by atoms with Gasteiger partial charge in [-0.25, -0.2) is 0 Å². The second kappa shape index (κ2) is 5.99. The van der Waals surface area contributed by atoms with Gasteiger partial charge in [-0.1, -0.05) is 6.42 Å². The lowest BCUT2D eigenvalue weighted by Crippen LogP contribution is -2.32. The van der Waals surface area contributed by atoms with E-state index in [0.717, 1.165) is 19.1 Å². The minimum atomic E-state index is 0.469. The van der Waals surface area contributed by atoms with Gasteiger partial charge in [-0.2, -0.15) is 0 Å². The minimum Gasteiger partial charge on any atom is -0.377 e. The molecule has 1 aliphatic carbocycles. The number of nitrogens with zero attached hydrogens (tertiary/aromatic N) is 1. The first-order chi connectivity index (χ1) is 7.75. The van der Waals surface area contributed by atoms with Crippen molar-refractivity contribution in [2.24, 2.45) is 11.7 Å². The number of ether oxygens (including phenoxy) is 1. The van der Waals surface area contributed by atoms with Crippen molar-refractivity contribution >= 4 is 0 Å². The molecule has 0 bridgehead atoms. The smallest absolute Gasteiger partial charge is 0.0702 e. The van der Waals surface area contributed by atoms with Gasteiger partial charge in [0.15, 0.2) is 0 Å². The Kier molecular flexibility index (Phi) is 4.62. The Balaban J connectivity index is 1.61. The van der Waals surface area contributed by atoms with E-state index in [1.165, 1.54) is 45.1 Å². The average Bonchev–Trinajstić information content (AvgIpc) is 2.87. The van der Waals surface area contributed by atoms with Crippen LogP contribution in [0.3, 0.4) is 0 Å². The Morgan fingerprint density at radius 3 is 2.75 bits per heavy atom. The third-order valence-corrected chi connectivity index (χ3v) is 4.14. The van der Waals surface area contributed by atoms with Crippen LogP contribution in [0.25, 0.3) is 0 Å². The van der Waals surface area contributed by atoms with E-state index in [-0.39, 0.29) is 0 Å². The molecule has 94 valence electrons. The number of likely N-dealkylation sites (N-methyl/N-ethyl adjacent to an activating group) is 1. The number of hydrogen-bond donors (Lipinski definition) is 1. The lowest BCUT2D eigenvalue weighted by Gasteiger charge is -2.23. The zero-order chi connectivity index (χ0) is 11.4. The second-order valence-corrected chi connectivity index (χ2v) is 5.54. The molecular weight excluding hydrogens is 200 g/mol. The van der Waals surface area contributed by atoms with E-state index in [1.807, 2.05) is 0 Å². The highest BCUT2D eigenvalue weighted by Crippen LogP contribution is 2.26. The fourth-order valence-corrected chi connectivity index (χ4v) is 3.04. The van der Waals surface area contributed by atoms with E-state index in [9.17, 15) is 0 Å². The Hall–Kier alpha value is -0.120. The van der Waals surface area contributed by atoms with Crippen molar-refractivity contribution in [1.29, 1.82) is 0 Å². The van der Waals surface area contributed by atoms with Crippen LogP contribution < -0.4 is 5.73 Å². The summed E-state index contributed by atoms with van der Waals surface area (Å²) in [6.45, 7) is 3.24. The molecule has 2 rings (SSSR count). The van der Waals surface area contributed by atoms with Crippen LogP contribution in [-0.2, 0) is 4.74 Å². The normalized spacial score (nSPS) is 35.1. The van der Waals surface area contributed by atoms with Gasteiger partial charge in [0.05, 0.1) is 6.10 Å². The fraction of sp³-hybridized carbons (Fsp3) is 1.00. The highest BCUT2D eigenvalue weighted by atomic mass is 16.5. The van der Waals surface area contributed by atoms with Gasteiger partial charge in [0.2, 0.25) is 0 Å². The molecule has 1 heterocycles. The quantitative estimate of drug-likeness (QED) is 0.774. The van der Waals surface area contributed by atoms with Gasteiger partial charge >= 0.3 is 0 Å². The van der Waals surface area contributed by atoms with Crippen LogP contribution in [0.15, 0.2) is 0 Å². The third-order valence-electron chi connectivity index (χ3n) is 4.14. The maximum atomic E-state index is 6.09. The molecule has 0 aromatic carbocycles. The van der Waals surface area contributed by atoms with E-state index in [1.54, 1.807) is 0 Å². The highest BCUT2D eigenvalue weighted by Gasteiger charge is 2.24. The molecule has 3 heteroatoms. The van der Waals surface area contributed by atoms with Crippen LogP contribution in [0, 0.1) is 5.92 Å². The summed E-state index contributed by atoms with van der Waals surface area (Å²) in [5, 5.41) is 0. The van der Waals surface area contributed by atoms with Crippen LogP contribution in [-0.4, -0.2) is 43.8 Å². The number of nitrogens with two attached hydrogens (primary N) is 1. The van der Waals surface area contributed by atoms with Crippen LogP contribution in [0.5, 0.6) is 0 Å². The summed E-state index contributed by atoms with van der Waals surface area (Å²) in [5.74, 6) is 0.770. The molecule has 0 aromatic heterocycles. The first kappa shape index (κ1) is 12.3. The summed E-state index contributed by atoms with van der Waals surface area (Å²) >= 11 is 0. The summed E-state index contributed by atoms with van der Waals surface area (Å²) in [6.07, 6.45) is 8.15. The molecule has 0 radical (unpaired) electrons. The predicted octanol–water partition coefficient (Wildman–Crippen LogP) is 1.61. The lowest BCUT2D eigenvalue weighted by molar-refractivity contribution is 0.0794. The summed E-state index contributed by atoms with van der Waals surface area (Å²) in [5.41, 5.74) is 6.09. The van der Waals surface area contributed by atoms with Crippen molar-refractivity contribution in [3.8, 4) is 0 Å². The summed E-state index contributed by atoms with van der Waals surface area (Å²) in [7, 11) is 2.21. The molecule has 2 N–H and O–H groups in total. The predicted molar refractivity (Wildman–Crippen MR) is 66.4 cm³/mol. The van der Waals surface area contributed by atoms with Gasteiger partial charge in [0.25, 0.3) is 0 Å². The lowest BCUT2D eigenvalue weighted by atomic mass is 10.00. The molecule has 2 aliphatic rings. The van der Waals surface area contributed by atoms with Gasteiger partial charge < -0.3 is 15.4 Å². The Morgan fingerprint density at radius 1 is 1.25 bits per heavy atom. The minimum absolute atomic E-state index is 0.469. The zero-order valence-corrected chi connectivity index (χ0v) is 10.5. The van der Waals surface area contributed by atoms with Crippen molar-refractivity contribution in [2.45, 2.75) is 50.7 Å². The molecule has 0 amide bonds. The molecule has 2 fully saturated rings. The van der Waals surface area contributed by atoms with Crippen molar-refractivity contribution in [1.82, 2.24) is 4.90 Å². The van der Waals surface area contributed by atoms with Crippen molar-refractivity contribution < 1.29 is 4.74 Å². The van der Waals surface area contributed by atoms with E-state index in [2.05, 4.69) is 11.9 Å². The first-order valence-corrected chi connectivity index (χ1v) is 6.81. The molecule has 0 spiro atoms. The molecule has 1 saturated heterocycles. The summed E-state index contributed by atoms with van der Waals surface area (Å²) in [6, 6.07) is 0.469. The van der Waals surface area contributed by atoms with E-state index in [4.69, 9.17) is 10.5 Å². The summed E-state index contributed by atoms with van der Waals surface area (Å²) in [4.78, 5) is 2.42.